The van der Waals surface area contributed by atoms with Crippen LogP contribution in [0.5, 0.6) is 0 Å². The fraction of sp³-hybridized carbons (Fsp3) is 0.0714. The first-order valence-corrected chi connectivity index (χ1v) is 5.48. The Balaban J connectivity index is 2.16. The van der Waals surface area contributed by atoms with Crippen LogP contribution in [0.4, 0.5) is 10.1 Å². The van der Waals surface area contributed by atoms with E-state index in [4.69, 9.17) is 5.11 Å². The van der Waals surface area contributed by atoms with Crippen LogP contribution in [-0.2, 0) is 6.54 Å². The topological polar surface area (TPSA) is 49.3 Å². The lowest BCUT2D eigenvalue weighted by Gasteiger charge is -2.09. The van der Waals surface area contributed by atoms with E-state index in [1.54, 1.807) is 36.4 Å². The molecule has 0 fully saturated rings. The summed E-state index contributed by atoms with van der Waals surface area (Å²) in [6.45, 7) is 0.267. The van der Waals surface area contributed by atoms with E-state index in [1.807, 2.05) is 0 Å². The highest BCUT2D eigenvalue weighted by molar-refractivity contribution is 5.89. The number of benzene rings is 2. The summed E-state index contributed by atoms with van der Waals surface area (Å²) in [5.41, 5.74) is 1.20. The summed E-state index contributed by atoms with van der Waals surface area (Å²) in [7, 11) is 0. The van der Waals surface area contributed by atoms with Crippen molar-refractivity contribution in [2.45, 2.75) is 6.54 Å². The maximum absolute atomic E-state index is 13.4. The Morgan fingerprint density at radius 3 is 2.50 bits per heavy atom. The van der Waals surface area contributed by atoms with E-state index in [0.717, 1.165) is 0 Å². The van der Waals surface area contributed by atoms with E-state index in [-0.39, 0.29) is 17.9 Å². The number of para-hydroxylation sites is 1. The lowest BCUT2D eigenvalue weighted by atomic mass is 10.1. The standard InChI is InChI=1S/C14H12FNO2/c15-12-7-3-4-8-13(12)16-9-10-5-1-2-6-11(10)14(17)18/h1-8,16H,9H2,(H,17,18). The fourth-order valence-electron chi connectivity index (χ4n) is 1.68. The molecule has 0 spiro atoms. The number of hydrogen-bond donors (Lipinski definition) is 2. The van der Waals surface area contributed by atoms with E-state index in [1.165, 1.54) is 12.1 Å². The summed E-state index contributed by atoms with van der Waals surface area (Å²) in [6.07, 6.45) is 0. The van der Waals surface area contributed by atoms with Crippen molar-refractivity contribution in [1.82, 2.24) is 0 Å². The molecule has 0 aliphatic heterocycles. The molecule has 0 saturated heterocycles. The Hall–Kier alpha value is -2.36. The molecule has 0 radical (unpaired) electrons. The van der Waals surface area contributed by atoms with Gasteiger partial charge in [0.15, 0.2) is 0 Å². The molecule has 18 heavy (non-hydrogen) atoms. The first-order chi connectivity index (χ1) is 8.68. The quantitative estimate of drug-likeness (QED) is 0.870. The molecule has 92 valence electrons. The highest BCUT2D eigenvalue weighted by atomic mass is 19.1. The molecule has 0 atom stereocenters. The molecule has 0 heterocycles. The average Bonchev–Trinajstić information content (AvgIpc) is 2.38. The molecule has 2 aromatic rings. The molecule has 3 nitrogen and oxygen atoms in total. The van der Waals surface area contributed by atoms with Crippen LogP contribution >= 0.6 is 0 Å². The van der Waals surface area contributed by atoms with Crippen LogP contribution in [0.1, 0.15) is 15.9 Å². The molecule has 2 N–H and O–H groups in total. The second-order valence-corrected chi connectivity index (χ2v) is 3.80. The Bertz CT molecular complexity index is 569. The second-order valence-electron chi connectivity index (χ2n) is 3.80. The number of carbonyl (C=O) groups is 1. The van der Waals surface area contributed by atoms with Crippen LogP contribution in [0.3, 0.4) is 0 Å². The first-order valence-electron chi connectivity index (χ1n) is 5.48. The van der Waals surface area contributed by atoms with Crippen LogP contribution in [-0.4, -0.2) is 11.1 Å². The van der Waals surface area contributed by atoms with Crippen LogP contribution < -0.4 is 5.32 Å². The van der Waals surface area contributed by atoms with Crippen LogP contribution in [0, 0.1) is 5.82 Å². The average molecular weight is 245 g/mol. The van der Waals surface area contributed by atoms with Gasteiger partial charge >= 0.3 is 5.97 Å². The summed E-state index contributed by atoms with van der Waals surface area (Å²) in [5, 5.41) is 11.9. The highest BCUT2D eigenvalue weighted by Crippen LogP contribution is 2.15. The summed E-state index contributed by atoms with van der Waals surface area (Å²) in [4.78, 5) is 11.0. The van der Waals surface area contributed by atoms with Crippen molar-refractivity contribution in [2.75, 3.05) is 5.32 Å². The molecular weight excluding hydrogens is 233 g/mol. The zero-order chi connectivity index (χ0) is 13.0. The molecule has 0 aliphatic rings. The minimum Gasteiger partial charge on any atom is -0.478 e. The van der Waals surface area contributed by atoms with Gasteiger partial charge in [-0.1, -0.05) is 30.3 Å². The van der Waals surface area contributed by atoms with Crippen molar-refractivity contribution in [1.29, 1.82) is 0 Å². The van der Waals surface area contributed by atoms with E-state index < -0.39 is 5.97 Å². The number of nitrogens with one attached hydrogen (secondary N) is 1. The van der Waals surface area contributed by atoms with Gasteiger partial charge in [-0.2, -0.15) is 0 Å². The van der Waals surface area contributed by atoms with Gasteiger partial charge in [0.2, 0.25) is 0 Å². The Morgan fingerprint density at radius 1 is 1.11 bits per heavy atom. The molecule has 0 amide bonds. The van der Waals surface area contributed by atoms with Gasteiger partial charge in [-0.3, -0.25) is 0 Å². The number of aromatic carboxylic acids is 1. The molecule has 0 aromatic heterocycles. The molecule has 0 aliphatic carbocycles. The van der Waals surface area contributed by atoms with Crippen molar-refractivity contribution in [3.63, 3.8) is 0 Å². The van der Waals surface area contributed by atoms with Gasteiger partial charge < -0.3 is 10.4 Å². The Morgan fingerprint density at radius 2 is 1.78 bits per heavy atom. The number of rotatable bonds is 4. The van der Waals surface area contributed by atoms with E-state index >= 15 is 0 Å². The predicted octanol–water partition coefficient (Wildman–Crippen LogP) is 3.14. The molecule has 2 aromatic carbocycles. The van der Waals surface area contributed by atoms with Crippen molar-refractivity contribution >= 4 is 11.7 Å². The van der Waals surface area contributed by atoms with Gasteiger partial charge in [0.1, 0.15) is 5.82 Å². The molecule has 0 unspecified atom stereocenters. The van der Waals surface area contributed by atoms with E-state index in [0.29, 0.717) is 11.3 Å². The highest BCUT2D eigenvalue weighted by Gasteiger charge is 2.09. The zero-order valence-electron chi connectivity index (χ0n) is 9.56. The maximum atomic E-state index is 13.4. The Labute approximate surface area is 104 Å². The third-order valence-electron chi connectivity index (χ3n) is 2.59. The molecular formula is C14H12FNO2. The van der Waals surface area contributed by atoms with Gasteiger partial charge in [-0.15, -0.1) is 0 Å². The molecule has 2 rings (SSSR count). The monoisotopic (exact) mass is 245 g/mol. The largest absolute Gasteiger partial charge is 0.478 e. The fourth-order valence-corrected chi connectivity index (χ4v) is 1.68. The summed E-state index contributed by atoms with van der Waals surface area (Å²) < 4.78 is 13.4. The molecule has 0 saturated carbocycles. The lowest BCUT2D eigenvalue weighted by molar-refractivity contribution is 0.0696. The van der Waals surface area contributed by atoms with Gasteiger partial charge in [0.05, 0.1) is 11.3 Å². The number of carboxylic acid groups (broad SMARTS) is 1. The normalized spacial score (nSPS) is 10.1. The number of hydrogen-bond acceptors (Lipinski definition) is 2. The summed E-state index contributed by atoms with van der Waals surface area (Å²) in [6, 6.07) is 12.9. The minimum atomic E-state index is -0.985. The number of halogens is 1. The second kappa shape index (κ2) is 5.31. The number of carboxylic acids is 1. The van der Waals surface area contributed by atoms with Crippen molar-refractivity contribution in [3.05, 3.63) is 65.5 Å². The van der Waals surface area contributed by atoms with Gasteiger partial charge in [0, 0.05) is 6.54 Å². The summed E-state index contributed by atoms with van der Waals surface area (Å²) >= 11 is 0. The van der Waals surface area contributed by atoms with Crippen molar-refractivity contribution < 1.29 is 14.3 Å². The maximum Gasteiger partial charge on any atom is 0.336 e. The smallest absolute Gasteiger partial charge is 0.336 e. The third-order valence-corrected chi connectivity index (χ3v) is 2.59. The molecule has 4 heteroatoms. The van der Waals surface area contributed by atoms with Gasteiger partial charge in [-0.25, -0.2) is 9.18 Å². The van der Waals surface area contributed by atoms with Crippen LogP contribution in [0.25, 0.3) is 0 Å². The van der Waals surface area contributed by atoms with Gasteiger partial charge in [0.25, 0.3) is 0 Å². The minimum absolute atomic E-state index is 0.223. The number of anilines is 1. The van der Waals surface area contributed by atoms with Gasteiger partial charge in [-0.05, 0) is 23.8 Å². The first kappa shape index (κ1) is 12.1. The van der Waals surface area contributed by atoms with Crippen LogP contribution in [0.2, 0.25) is 0 Å². The van der Waals surface area contributed by atoms with Crippen molar-refractivity contribution in [3.8, 4) is 0 Å². The van der Waals surface area contributed by atoms with E-state index in [2.05, 4.69) is 5.32 Å². The van der Waals surface area contributed by atoms with Crippen LogP contribution in [0.15, 0.2) is 48.5 Å². The van der Waals surface area contributed by atoms with E-state index in [9.17, 15) is 9.18 Å². The SMILES string of the molecule is O=C(O)c1ccccc1CNc1ccccc1F. The lowest BCUT2D eigenvalue weighted by Crippen LogP contribution is -2.07. The molecule has 0 bridgehead atoms. The van der Waals surface area contributed by atoms with Crippen molar-refractivity contribution in [2.24, 2.45) is 0 Å². The summed E-state index contributed by atoms with van der Waals surface area (Å²) in [5.74, 6) is -1.34. The Kier molecular flexibility index (Phi) is 3.57. The third kappa shape index (κ3) is 2.66. The predicted molar refractivity (Wildman–Crippen MR) is 67.1 cm³/mol. The zero-order valence-corrected chi connectivity index (χ0v) is 9.56.